The van der Waals surface area contributed by atoms with Crippen LogP contribution in [0.5, 0.6) is 0 Å². The number of ether oxygens (including phenoxy) is 1. The predicted octanol–water partition coefficient (Wildman–Crippen LogP) is 3.25. The van der Waals surface area contributed by atoms with Crippen molar-refractivity contribution in [1.29, 1.82) is 0 Å². The highest BCUT2D eigenvalue weighted by Gasteiger charge is 2.19. The molecule has 1 fully saturated rings. The highest BCUT2D eigenvalue weighted by molar-refractivity contribution is 7.09. The maximum absolute atomic E-state index is 5.07. The third-order valence-electron chi connectivity index (χ3n) is 4.72. The first-order valence-corrected chi connectivity index (χ1v) is 9.99. The van der Waals surface area contributed by atoms with Gasteiger partial charge in [0.25, 0.3) is 0 Å². The molecule has 1 aromatic heterocycles. The van der Waals surface area contributed by atoms with Crippen molar-refractivity contribution in [3.05, 3.63) is 30.1 Å². The second-order valence-electron chi connectivity index (χ2n) is 7.12. The fourth-order valence-corrected chi connectivity index (χ4v) is 4.00. The fraction of sp³-hybridized carbons (Fsp3) is 0.579. The summed E-state index contributed by atoms with van der Waals surface area (Å²) in [6, 6.07) is 8.64. The van der Waals surface area contributed by atoms with Crippen molar-refractivity contribution in [3.8, 4) is 0 Å². The lowest BCUT2D eigenvalue weighted by molar-refractivity contribution is 0.201. The highest BCUT2D eigenvalue weighted by atomic mass is 32.1. The molecule has 1 saturated heterocycles. The van der Waals surface area contributed by atoms with Gasteiger partial charge in [0, 0.05) is 56.1 Å². The van der Waals surface area contributed by atoms with Crippen LogP contribution in [0, 0.1) is 5.92 Å². The molecule has 1 aliphatic rings. The molecular formula is C19H29N5OS. The van der Waals surface area contributed by atoms with Crippen molar-refractivity contribution in [3.63, 3.8) is 0 Å². The van der Waals surface area contributed by atoms with E-state index in [4.69, 9.17) is 4.74 Å². The van der Waals surface area contributed by atoms with Gasteiger partial charge in [-0.15, -0.1) is 0 Å². The molecule has 0 aliphatic carbocycles. The van der Waals surface area contributed by atoms with Crippen LogP contribution in [0.1, 0.15) is 18.7 Å². The summed E-state index contributed by atoms with van der Waals surface area (Å²) in [7, 11) is 6.02. The van der Waals surface area contributed by atoms with E-state index in [1.807, 2.05) is 0 Å². The van der Waals surface area contributed by atoms with Gasteiger partial charge in [-0.1, -0.05) is 0 Å². The van der Waals surface area contributed by atoms with E-state index < -0.39 is 0 Å². The van der Waals surface area contributed by atoms with Crippen molar-refractivity contribution in [2.45, 2.75) is 19.3 Å². The SMILES string of the molecule is COCCc1nsc(Nc2ccc(N3CCC(CN(C)C)CC3)cc2)n1. The van der Waals surface area contributed by atoms with Crippen LogP contribution < -0.4 is 10.2 Å². The summed E-state index contributed by atoms with van der Waals surface area (Å²) >= 11 is 1.39. The number of piperidine rings is 1. The van der Waals surface area contributed by atoms with Crippen LogP contribution in [0.4, 0.5) is 16.5 Å². The number of nitrogens with one attached hydrogen (secondary N) is 1. The molecule has 0 unspecified atom stereocenters. The van der Waals surface area contributed by atoms with E-state index >= 15 is 0 Å². The highest BCUT2D eigenvalue weighted by Crippen LogP contribution is 2.26. The van der Waals surface area contributed by atoms with Gasteiger partial charge in [0.15, 0.2) is 0 Å². The molecule has 0 radical (unpaired) electrons. The van der Waals surface area contributed by atoms with Gasteiger partial charge < -0.3 is 19.9 Å². The Hall–Kier alpha value is -1.70. The summed E-state index contributed by atoms with van der Waals surface area (Å²) in [5, 5.41) is 4.17. The van der Waals surface area contributed by atoms with Crippen molar-refractivity contribution in [2.75, 3.05) is 57.7 Å². The molecule has 26 heavy (non-hydrogen) atoms. The standard InChI is InChI=1S/C19H29N5OS/c1-23(2)14-15-8-11-24(12-9-15)17-6-4-16(5-7-17)20-19-21-18(22-26-19)10-13-25-3/h4-7,15H,8-14H2,1-3H3,(H,20,21,22). The van der Waals surface area contributed by atoms with E-state index in [0.29, 0.717) is 6.61 Å². The van der Waals surface area contributed by atoms with Gasteiger partial charge in [-0.3, -0.25) is 0 Å². The van der Waals surface area contributed by atoms with Crippen LogP contribution in [0.25, 0.3) is 0 Å². The maximum atomic E-state index is 5.07. The van der Waals surface area contributed by atoms with E-state index in [-0.39, 0.29) is 0 Å². The van der Waals surface area contributed by atoms with Crippen LogP contribution in [-0.2, 0) is 11.2 Å². The average molecular weight is 376 g/mol. The molecule has 0 bridgehead atoms. The lowest BCUT2D eigenvalue weighted by atomic mass is 9.96. The summed E-state index contributed by atoms with van der Waals surface area (Å²) in [5.41, 5.74) is 2.35. The fourth-order valence-electron chi connectivity index (χ4n) is 3.37. The zero-order valence-electron chi connectivity index (χ0n) is 15.9. The number of nitrogens with zero attached hydrogens (tertiary/aromatic N) is 4. The van der Waals surface area contributed by atoms with Gasteiger partial charge >= 0.3 is 0 Å². The van der Waals surface area contributed by atoms with Crippen molar-refractivity contribution >= 4 is 28.0 Å². The Morgan fingerprint density at radius 2 is 1.96 bits per heavy atom. The summed E-state index contributed by atoms with van der Waals surface area (Å²) in [6.45, 7) is 4.14. The minimum atomic E-state index is 0.649. The Kier molecular flexibility index (Phi) is 6.82. The summed E-state index contributed by atoms with van der Waals surface area (Å²) in [6.07, 6.45) is 3.29. The van der Waals surface area contributed by atoms with Crippen LogP contribution in [0.3, 0.4) is 0 Å². The Labute approximate surface area is 160 Å². The number of methoxy groups -OCH3 is 1. The topological polar surface area (TPSA) is 53.5 Å². The largest absolute Gasteiger partial charge is 0.384 e. The molecule has 1 aliphatic heterocycles. The van der Waals surface area contributed by atoms with E-state index in [0.717, 1.165) is 42.1 Å². The number of hydrogen-bond donors (Lipinski definition) is 1. The number of benzene rings is 1. The molecule has 6 nitrogen and oxygen atoms in total. The van der Waals surface area contributed by atoms with E-state index in [9.17, 15) is 0 Å². The van der Waals surface area contributed by atoms with Gasteiger partial charge in [0.1, 0.15) is 5.82 Å². The van der Waals surface area contributed by atoms with E-state index in [1.54, 1.807) is 7.11 Å². The first-order valence-electron chi connectivity index (χ1n) is 9.22. The molecule has 142 valence electrons. The van der Waals surface area contributed by atoms with Crippen LogP contribution in [0.15, 0.2) is 24.3 Å². The van der Waals surface area contributed by atoms with E-state index in [1.165, 1.54) is 36.6 Å². The molecule has 0 saturated carbocycles. The van der Waals surface area contributed by atoms with Crippen molar-refractivity contribution in [1.82, 2.24) is 14.3 Å². The quantitative estimate of drug-likeness (QED) is 0.764. The van der Waals surface area contributed by atoms with Crippen molar-refractivity contribution in [2.24, 2.45) is 5.92 Å². The molecule has 0 amide bonds. The van der Waals surface area contributed by atoms with Gasteiger partial charge in [0.05, 0.1) is 6.61 Å². The maximum Gasteiger partial charge on any atom is 0.207 e. The zero-order valence-corrected chi connectivity index (χ0v) is 16.8. The third kappa shape index (κ3) is 5.40. The first kappa shape index (κ1) is 19.1. The average Bonchev–Trinajstić information content (AvgIpc) is 3.08. The van der Waals surface area contributed by atoms with Gasteiger partial charge in [-0.05, 0) is 57.1 Å². The lowest BCUT2D eigenvalue weighted by Gasteiger charge is -2.34. The number of aromatic nitrogens is 2. The lowest BCUT2D eigenvalue weighted by Crippen LogP contribution is -2.37. The normalized spacial score (nSPS) is 15.6. The summed E-state index contributed by atoms with van der Waals surface area (Å²) < 4.78 is 9.41. The number of anilines is 3. The van der Waals surface area contributed by atoms with E-state index in [2.05, 4.69) is 62.8 Å². The minimum absolute atomic E-state index is 0.649. The second kappa shape index (κ2) is 9.30. The van der Waals surface area contributed by atoms with Crippen molar-refractivity contribution < 1.29 is 4.74 Å². The molecule has 7 heteroatoms. The number of rotatable bonds is 8. The van der Waals surface area contributed by atoms with Crippen LogP contribution >= 0.6 is 11.5 Å². The summed E-state index contributed by atoms with van der Waals surface area (Å²) in [4.78, 5) is 9.28. The monoisotopic (exact) mass is 375 g/mol. The van der Waals surface area contributed by atoms with Gasteiger partial charge in [-0.25, -0.2) is 4.98 Å². The number of hydrogen-bond acceptors (Lipinski definition) is 7. The Balaban J connectivity index is 1.51. The third-order valence-corrected chi connectivity index (χ3v) is 5.39. The molecule has 2 aromatic rings. The van der Waals surface area contributed by atoms with Crippen LogP contribution in [0.2, 0.25) is 0 Å². The predicted molar refractivity (Wildman–Crippen MR) is 109 cm³/mol. The molecule has 3 rings (SSSR count). The second-order valence-corrected chi connectivity index (χ2v) is 7.87. The first-order chi connectivity index (χ1) is 12.6. The smallest absolute Gasteiger partial charge is 0.207 e. The Morgan fingerprint density at radius 3 is 2.62 bits per heavy atom. The zero-order chi connectivity index (χ0) is 18.4. The molecule has 1 N–H and O–H groups in total. The molecule has 1 aromatic carbocycles. The summed E-state index contributed by atoms with van der Waals surface area (Å²) in [5.74, 6) is 1.66. The Bertz CT molecular complexity index is 665. The molecule has 2 heterocycles. The van der Waals surface area contributed by atoms with Crippen LogP contribution in [-0.4, -0.2) is 61.7 Å². The molecule has 0 atom stereocenters. The Morgan fingerprint density at radius 1 is 1.23 bits per heavy atom. The van der Waals surface area contributed by atoms with Gasteiger partial charge in [-0.2, -0.15) is 4.37 Å². The van der Waals surface area contributed by atoms with Gasteiger partial charge in [0.2, 0.25) is 5.13 Å². The molecular weight excluding hydrogens is 346 g/mol. The molecule has 0 spiro atoms. The minimum Gasteiger partial charge on any atom is -0.384 e.